The molecule has 0 aliphatic rings. The summed E-state index contributed by atoms with van der Waals surface area (Å²) < 4.78 is 31.6. The standard InChI is InChI=1S/C11H13ClN4O3S/c1-3-16(11-13-7-14-15-11)20(17,18)10-6-8(12)4-5-9(10)19-2/h4-7H,3H2,1-2H3,(H,13,14,15). The summed E-state index contributed by atoms with van der Waals surface area (Å²) in [6.07, 6.45) is 1.24. The van der Waals surface area contributed by atoms with E-state index in [2.05, 4.69) is 15.2 Å². The maximum Gasteiger partial charge on any atom is 0.270 e. The highest BCUT2D eigenvalue weighted by Crippen LogP contribution is 2.30. The van der Waals surface area contributed by atoms with Gasteiger partial charge in [0.25, 0.3) is 10.0 Å². The number of hydrogen-bond donors (Lipinski definition) is 1. The van der Waals surface area contributed by atoms with Gasteiger partial charge in [0.2, 0.25) is 5.95 Å². The van der Waals surface area contributed by atoms with Crippen LogP contribution in [0.5, 0.6) is 5.75 Å². The number of methoxy groups -OCH3 is 1. The van der Waals surface area contributed by atoms with Crippen LogP contribution in [0.1, 0.15) is 6.92 Å². The second-order valence-corrected chi connectivity index (χ2v) is 6.04. The van der Waals surface area contributed by atoms with Crippen LogP contribution in [0.3, 0.4) is 0 Å². The van der Waals surface area contributed by atoms with Crippen molar-refractivity contribution in [1.82, 2.24) is 15.2 Å². The second-order valence-electron chi connectivity index (χ2n) is 3.77. The lowest BCUT2D eigenvalue weighted by Gasteiger charge is -2.20. The molecule has 0 aliphatic carbocycles. The number of hydrogen-bond acceptors (Lipinski definition) is 5. The van der Waals surface area contributed by atoms with E-state index >= 15 is 0 Å². The molecule has 9 heteroatoms. The van der Waals surface area contributed by atoms with E-state index in [9.17, 15) is 8.42 Å². The van der Waals surface area contributed by atoms with E-state index in [4.69, 9.17) is 16.3 Å². The monoisotopic (exact) mass is 316 g/mol. The predicted molar refractivity (Wildman–Crippen MR) is 74.6 cm³/mol. The van der Waals surface area contributed by atoms with Crippen molar-refractivity contribution in [2.24, 2.45) is 0 Å². The number of nitrogens with zero attached hydrogens (tertiary/aromatic N) is 3. The number of sulfonamides is 1. The average Bonchev–Trinajstić information content (AvgIpc) is 2.93. The highest BCUT2D eigenvalue weighted by atomic mass is 35.5. The van der Waals surface area contributed by atoms with Crippen LogP contribution in [0.2, 0.25) is 5.02 Å². The smallest absolute Gasteiger partial charge is 0.270 e. The van der Waals surface area contributed by atoms with Crippen LogP contribution in [-0.2, 0) is 10.0 Å². The van der Waals surface area contributed by atoms with E-state index in [-0.39, 0.29) is 23.1 Å². The number of benzene rings is 1. The van der Waals surface area contributed by atoms with Crippen LogP contribution in [0, 0.1) is 0 Å². The lowest BCUT2D eigenvalue weighted by Crippen LogP contribution is -2.32. The van der Waals surface area contributed by atoms with Gasteiger partial charge in [0.05, 0.1) is 7.11 Å². The summed E-state index contributed by atoms with van der Waals surface area (Å²) in [5.41, 5.74) is 0. The Kier molecular flexibility index (Phi) is 4.15. The first-order valence-electron chi connectivity index (χ1n) is 5.72. The van der Waals surface area contributed by atoms with E-state index in [1.165, 1.54) is 25.6 Å². The zero-order chi connectivity index (χ0) is 14.8. The number of halogens is 1. The number of ether oxygens (including phenoxy) is 1. The summed E-state index contributed by atoms with van der Waals surface area (Å²) in [6.45, 7) is 1.88. The minimum absolute atomic E-state index is 0.0225. The van der Waals surface area contributed by atoms with Gasteiger partial charge in [0.15, 0.2) is 0 Å². The molecule has 0 amide bonds. The van der Waals surface area contributed by atoms with Gasteiger partial charge >= 0.3 is 0 Å². The lowest BCUT2D eigenvalue weighted by molar-refractivity contribution is 0.402. The quantitative estimate of drug-likeness (QED) is 0.906. The number of aromatic amines is 1. The molecule has 2 rings (SSSR count). The number of rotatable bonds is 5. The van der Waals surface area contributed by atoms with E-state index in [0.717, 1.165) is 4.31 Å². The molecule has 1 aromatic heterocycles. The summed E-state index contributed by atoms with van der Waals surface area (Å²) in [5.74, 6) is 0.349. The fourth-order valence-electron chi connectivity index (χ4n) is 1.72. The zero-order valence-corrected chi connectivity index (χ0v) is 12.4. The molecular formula is C11H13ClN4O3S. The van der Waals surface area contributed by atoms with Gasteiger partial charge in [-0.3, -0.25) is 0 Å². The summed E-state index contributed by atoms with van der Waals surface area (Å²) >= 11 is 5.88. The van der Waals surface area contributed by atoms with Crippen molar-refractivity contribution in [2.45, 2.75) is 11.8 Å². The molecule has 0 saturated carbocycles. The second kappa shape index (κ2) is 5.68. The van der Waals surface area contributed by atoms with Crippen LogP contribution in [0.15, 0.2) is 29.4 Å². The molecule has 0 radical (unpaired) electrons. The minimum Gasteiger partial charge on any atom is -0.495 e. The van der Waals surface area contributed by atoms with E-state index in [0.29, 0.717) is 5.02 Å². The van der Waals surface area contributed by atoms with Crippen LogP contribution in [0.25, 0.3) is 0 Å². The molecule has 0 spiro atoms. The van der Waals surface area contributed by atoms with Crippen molar-refractivity contribution in [3.05, 3.63) is 29.5 Å². The molecule has 0 fully saturated rings. The molecule has 1 heterocycles. The number of aromatic nitrogens is 3. The third-order valence-electron chi connectivity index (χ3n) is 2.62. The Bertz CT molecular complexity index is 688. The summed E-state index contributed by atoms with van der Waals surface area (Å²) in [7, 11) is -2.45. The fourth-order valence-corrected chi connectivity index (χ4v) is 3.53. The SMILES string of the molecule is CCN(c1ncn[nH]1)S(=O)(=O)c1cc(Cl)ccc1OC. The zero-order valence-electron chi connectivity index (χ0n) is 10.9. The van der Waals surface area contributed by atoms with Crippen molar-refractivity contribution in [3.8, 4) is 5.75 Å². The molecule has 2 aromatic rings. The molecule has 1 N–H and O–H groups in total. The molecule has 7 nitrogen and oxygen atoms in total. The van der Waals surface area contributed by atoms with Gasteiger partial charge in [-0.15, -0.1) is 0 Å². The molecule has 0 saturated heterocycles. The first-order chi connectivity index (χ1) is 9.50. The van der Waals surface area contributed by atoms with Gasteiger partial charge in [-0.2, -0.15) is 10.1 Å². The molecule has 0 aliphatic heterocycles. The molecule has 1 aromatic carbocycles. The largest absolute Gasteiger partial charge is 0.495 e. The summed E-state index contributed by atoms with van der Waals surface area (Å²) in [5, 5.41) is 6.49. The fraction of sp³-hybridized carbons (Fsp3) is 0.273. The van der Waals surface area contributed by atoms with Crippen LogP contribution < -0.4 is 9.04 Å². The van der Waals surface area contributed by atoms with Gasteiger partial charge in [-0.05, 0) is 25.1 Å². The number of nitrogens with one attached hydrogen (secondary N) is 1. The molecule has 0 unspecified atom stereocenters. The molecular weight excluding hydrogens is 304 g/mol. The first kappa shape index (κ1) is 14.6. The van der Waals surface area contributed by atoms with Crippen LogP contribution in [0.4, 0.5) is 5.95 Å². The van der Waals surface area contributed by atoms with Crippen molar-refractivity contribution >= 4 is 27.6 Å². The van der Waals surface area contributed by atoms with Crippen LogP contribution in [-0.4, -0.2) is 37.3 Å². The van der Waals surface area contributed by atoms with Gasteiger partial charge in [0, 0.05) is 11.6 Å². The third kappa shape index (κ3) is 2.56. The molecule has 108 valence electrons. The average molecular weight is 317 g/mol. The lowest BCUT2D eigenvalue weighted by atomic mass is 10.3. The Hall–Kier alpha value is -1.80. The van der Waals surface area contributed by atoms with E-state index < -0.39 is 10.0 Å². The number of H-pyrrole nitrogens is 1. The number of anilines is 1. The summed E-state index contributed by atoms with van der Waals surface area (Å²) in [6, 6.07) is 4.41. The van der Waals surface area contributed by atoms with E-state index in [1.54, 1.807) is 13.0 Å². The Morgan fingerprint density at radius 3 is 2.75 bits per heavy atom. The molecule has 0 atom stereocenters. The Labute approximate surface area is 121 Å². The van der Waals surface area contributed by atoms with Gasteiger partial charge in [-0.1, -0.05) is 11.6 Å². The maximum absolute atomic E-state index is 12.7. The van der Waals surface area contributed by atoms with Gasteiger partial charge in [0.1, 0.15) is 17.0 Å². The van der Waals surface area contributed by atoms with Gasteiger partial charge in [-0.25, -0.2) is 17.8 Å². The predicted octanol–water partition coefficient (Wildman–Crippen LogP) is 1.68. The molecule has 20 heavy (non-hydrogen) atoms. The Balaban J connectivity index is 2.57. The maximum atomic E-state index is 12.7. The third-order valence-corrected chi connectivity index (χ3v) is 4.74. The highest BCUT2D eigenvalue weighted by molar-refractivity contribution is 7.93. The van der Waals surface area contributed by atoms with Crippen molar-refractivity contribution in [2.75, 3.05) is 18.0 Å². The topological polar surface area (TPSA) is 88.2 Å². The normalized spacial score (nSPS) is 11.3. The first-order valence-corrected chi connectivity index (χ1v) is 7.54. The minimum atomic E-state index is -3.85. The highest BCUT2D eigenvalue weighted by Gasteiger charge is 2.29. The van der Waals surface area contributed by atoms with E-state index in [1.807, 2.05) is 0 Å². The van der Waals surface area contributed by atoms with Crippen LogP contribution >= 0.6 is 11.6 Å². The summed E-state index contributed by atoms with van der Waals surface area (Å²) in [4.78, 5) is 3.84. The molecule has 0 bridgehead atoms. The Morgan fingerprint density at radius 1 is 1.45 bits per heavy atom. The van der Waals surface area contributed by atoms with Gasteiger partial charge < -0.3 is 4.74 Å². The van der Waals surface area contributed by atoms with Crippen molar-refractivity contribution in [1.29, 1.82) is 0 Å². The van der Waals surface area contributed by atoms with Crippen molar-refractivity contribution in [3.63, 3.8) is 0 Å². The van der Waals surface area contributed by atoms with Crippen molar-refractivity contribution < 1.29 is 13.2 Å². The Morgan fingerprint density at radius 2 is 2.20 bits per heavy atom.